The van der Waals surface area contributed by atoms with Gasteiger partial charge in [0.1, 0.15) is 11.3 Å². The van der Waals surface area contributed by atoms with Gasteiger partial charge in [0.05, 0.1) is 4.88 Å². The van der Waals surface area contributed by atoms with Gasteiger partial charge in [-0.1, -0.05) is 11.2 Å². The van der Waals surface area contributed by atoms with E-state index in [1.165, 1.54) is 4.88 Å². The minimum atomic E-state index is 0.00454. The van der Waals surface area contributed by atoms with E-state index in [1.807, 2.05) is 0 Å². The maximum Gasteiger partial charge on any atom is 0.145 e. The van der Waals surface area contributed by atoms with Gasteiger partial charge in [0.2, 0.25) is 0 Å². The van der Waals surface area contributed by atoms with Gasteiger partial charge in [-0.05, 0) is 24.5 Å². The molecular weight excluding hydrogens is 208 g/mol. The van der Waals surface area contributed by atoms with Crippen LogP contribution in [0.5, 0.6) is 0 Å². The fourth-order valence-corrected chi connectivity index (χ4v) is 2.95. The van der Waals surface area contributed by atoms with E-state index in [0.717, 1.165) is 38.1 Å². The van der Waals surface area contributed by atoms with Crippen LogP contribution in [0.3, 0.4) is 0 Å². The molecule has 0 radical (unpaired) electrons. The van der Waals surface area contributed by atoms with Crippen molar-refractivity contribution < 1.29 is 4.84 Å². The van der Waals surface area contributed by atoms with Crippen LogP contribution >= 0.6 is 11.3 Å². The molecule has 3 nitrogen and oxygen atoms in total. The first-order valence-corrected chi connectivity index (χ1v) is 6.26. The third-order valence-electron chi connectivity index (χ3n) is 3.16. The topological polar surface area (TPSA) is 33.6 Å². The van der Waals surface area contributed by atoms with E-state index in [0.29, 0.717) is 0 Å². The molecule has 0 atom stereocenters. The zero-order valence-electron chi connectivity index (χ0n) is 8.53. The van der Waals surface area contributed by atoms with E-state index in [9.17, 15) is 0 Å². The van der Waals surface area contributed by atoms with Gasteiger partial charge >= 0.3 is 0 Å². The molecule has 0 aliphatic carbocycles. The number of rotatable bonds is 1. The van der Waals surface area contributed by atoms with Gasteiger partial charge in [-0.2, -0.15) is 0 Å². The standard InChI is InChI=1S/C11H14N2OS/c1-2-10(15-7-1)9-8-11(14-13-9)3-5-12-6-4-11/h1-2,7,12H,3-6,8H2. The van der Waals surface area contributed by atoms with Crippen LogP contribution in [0.2, 0.25) is 0 Å². The Bertz CT molecular complexity index is 366. The minimum absolute atomic E-state index is 0.00454. The number of hydrogen-bond acceptors (Lipinski definition) is 4. The molecule has 2 aliphatic heterocycles. The van der Waals surface area contributed by atoms with Gasteiger partial charge in [0, 0.05) is 19.3 Å². The van der Waals surface area contributed by atoms with E-state index in [1.54, 1.807) is 11.3 Å². The summed E-state index contributed by atoms with van der Waals surface area (Å²) in [6.07, 6.45) is 3.13. The smallest absolute Gasteiger partial charge is 0.145 e. The highest BCUT2D eigenvalue weighted by atomic mass is 32.1. The van der Waals surface area contributed by atoms with Crippen LogP contribution in [0.15, 0.2) is 22.7 Å². The molecule has 1 N–H and O–H groups in total. The zero-order valence-corrected chi connectivity index (χ0v) is 9.35. The quantitative estimate of drug-likeness (QED) is 0.788. The van der Waals surface area contributed by atoms with E-state index in [-0.39, 0.29) is 5.60 Å². The second kappa shape index (κ2) is 3.61. The van der Waals surface area contributed by atoms with Gasteiger partial charge in [-0.3, -0.25) is 0 Å². The van der Waals surface area contributed by atoms with E-state index in [2.05, 4.69) is 28.0 Å². The van der Waals surface area contributed by atoms with Gasteiger partial charge in [-0.25, -0.2) is 0 Å². The molecule has 0 saturated carbocycles. The molecule has 3 rings (SSSR count). The molecule has 1 spiro atoms. The molecule has 1 saturated heterocycles. The maximum absolute atomic E-state index is 5.67. The summed E-state index contributed by atoms with van der Waals surface area (Å²) in [5.41, 5.74) is 1.14. The Morgan fingerprint density at radius 2 is 2.27 bits per heavy atom. The van der Waals surface area contributed by atoms with Crippen LogP contribution in [0, 0.1) is 0 Å². The fourth-order valence-electron chi connectivity index (χ4n) is 2.25. The fraction of sp³-hybridized carbons (Fsp3) is 0.545. The minimum Gasteiger partial charge on any atom is -0.388 e. The number of nitrogens with zero attached hydrogens (tertiary/aromatic N) is 1. The summed E-state index contributed by atoms with van der Waals surface area (Å²) in [4.78, 5) is 6.93. The van der Waals surface area contributed by atoms with Gasteiger partial charge in [0.15, 0.2) is 0 Å². The van der Waals surface area contributed by atoms with E-state index in [4.69, 9.17) is 4.84 Å². The average molecular weight is 222 g/mol. The maximum atomic E-state index is 5.67. The lowest BCUT2D eigenvalue weighted by atomic mass is 9.87. The summed E-state index contributed by atoms with van der Waals surface area (Å²) in [5, 5.41) is 9.70. The summed E-state index contributed by atoms with van der Waals surface area (Å²) < 4.78 is 0. The van der Waals surface area contributed by atoms with Crippen molar-refractivity contribution >= 4 is 17.0 Å². The van der Waals surface area contributed by atoms with Gasteiger partial charge in [-0.15, -0.1) is 11.3 Å². The Kier molecular flexibility index (Phi) is 2.25. The van der Waals surface area contributed by atoms with Crippen molar-refractivity contribution in [2.75, 3.05) is 13.1 Å². The Morgan fingerprint density at radius 3 is 3.00 bits per heavy atom. The molecule has 1 fully saturated rings. The Hall–Kier alpha value is -0.870. The molecule has 80 valence electrons. The highest BCUT2D eigenvalue weighted by Gasteiger charge is 2.40. The lowest BCUT2D eigenvalue weighted by Gasteiger charge is -2.30. The molecule has 0 unspecified atom stereocenters. The summed E-state index contributed by atoms with van der Waals surface area (Å²) in [6, 6.07) is 4.18. The monoisotopic (exact) mass is 222 g/mol. The summed E-state index contributed by atoms with van der Waals surface area (Å²) in [7, 11) is 0. The Balaban J connectivity index is 1.76. The molecule has 1 aromatic rings. The third-order valence-corrected chi connectivity index (χ3v) is 4.08. The predicted octanol–water partition coefficient (Wildman–Crippen LogP) is 1.99. The van der Waals surface area contributed by atoms with Crippen LogP contribution in [-0.4, -0.2) is 24.4 Å². The lowest BCUT2D eigenvalue weighted by Crippen LogP contribution is -2.42. The second-order valence-electron chi connectivity index (χ2n) is 4.22. The Labute approximate surface area is 93.1 Å². The largest absolute Gasteiger partial charge is 0.388 e. The van der Waals surface area contributed by atoms with Crippen LogP contribution in [0.1, 0.15) is 24.1 Å². The van der Waals surface area contributed by atoms with Crippen LogP contribution in [-0.2, 0) is 4.84 Å². The molecule has 15 heavy (non-hydrogen) atoms. The van der Waals surface area contributed by atoms with Crippen molar-refractivity contribution in [3.63, 3.8) is 0 Å². The van der Waals surface area contributed by atoms with E-state index >= 15 is 0 Å². The average Bonchev–Trinajstić information content (AvgIpc) is 2.88. The van der Waals surface area contributed by atoms with Crippen molar-refractivity contribution in [1.82, 2.24) is 5.32 Å². The normalized spacial score (nSPS) is 23.9. The van der Waals surface area contributed by atoms with Crippen molar-refractivity contribution in [1.29, 1.82) is 0 Å². The number of hydrogen-bond donors (Lipinski definition) is 1. The van der Waals surface area contributed by atoms with Crippen molar-refractivity contribution in [3.8, 4) is 0 Å². The first-order valence-electron chi connectivity index (χ1n) is 5.38. The number of nitrogens with one attached hydrogen (secondary N) is 1. The first kappa shape index (κ1) is 9.36. The van der Waals surface area contributed by atoms with Crippen LogP contribution in [0.4, 0.5) is 0 Å². The number of oxime groups is 1. The molecule has 0 aromatic carbocycles. The van der Waals surface area contributed by atoms with Crippen LogP contribution in [0.25, 0.3) is 0 Å². The lowest BCUT2D eigenvalue weighted by molar-refractivity contribution is -0.0400. The molecule has 0 bridgehead atoms. The Morgan fingerprint density at radius 1 is 1.40 bits per heavy atom. The SMILES string of the molecule is c1csc(C2=NOC3(CCNCC3)C2)c1. The number of piperidine rings is 1. The highest BCUT2D eigenvalue weighted by molar-refractivity contribution is 7.12. The second-order valence-corrected chi connectivity index (χ2v) is 5.16. The van der Waals surface area contributed by atoms with Crippen LogP contribution < -0.4 is 5.32 Å². The zero-order chi connectivity index (χ0) is 10.1. The summed E-state index contributed by atoms with van der Waals surface area (Å²) in [6.45, 7) is 2.10. The molecule has 4 heteroatoms. The van der Waals surface area contributed by atoms with Gasteiger partial charge in [0.25, 0.3) is 0 Å². The highest BCUT2D eigenvalue weighted by Crippen LogP contribution is 2.34. The van der Waals surface area contributed by atoms with E-state index < -0.39 is 0 Å². The third kappa shape index (κ3) is 1.68. The molecule has 1 aromatic heterocycles. The van der Waals surface area contributed by atoms with Crippen molar-refractivity contribution in [3.05, 3.63) is 22.4 Å². The van der Waals surface area contributed by atoms with Gasteiger partial charge < -0.3 is 10.2 Å². The molecule has 0 amide bonds. The number of thiophene rings is 1. The molecule has 2 aliphatic rings. The molecule has 3 heterocycles. The summed E-state index contributed by atoms with van der Waals surface area (Å²) in [5.74, 6) is 0. The predicted molar refractivity (Wildman–Crippen MR) is 61.4 cm³/mol. The summed E-state index contributed by atoms with van der Waals surface area (Å²) >= 11 is 1.74. The van der Waals surface area contributed by atoms with Crippen molar-refractivity contribution in [2.24, 2.45) is 5.16 Å². The van der Waals surface area contributed by atoms with Crippen molar-refractivity contribution in [2.45, 2.75) is 24.9 Å². The first-order chi connectivity index (χ1) is 7.38. The molecular formula is C11H14N2OS.